The lowest BCUT2D eigenvalue weighted by atomic mass is 10.1. The molecule has 5 heteroatoms. The molecule has 5 nitrogen and oxygen atoms in total. The Kier molecular flexibility index (Phi) is 2.91. The van der Waals surface area contributed by atoms with Gasteiger partial charge in [0.2, 0.25) is 0 Å². The Morgan fingerprint density at radius 3 is 2.76 bits per heavy atom. The molecule has 0 spiro atoms. The van der Waals surface area contributed by atoms with Crippen LogP contribution < -0.4 is 0 Å². The minimum absolute atomic E-state index is 0.388. The third-order valence-electron chi connectivity index (χ3n) is 2.48. The van der Waals surface area contributed by atoms with Crippen molar-refractivity contribution in [2.75, 3.05) is 7.11 Å². The predicted molar refractivity (Wildman–Crippen MR) is 62.5 cm³/mol. The maximum Gasteiger partial charge on any atom is 0.339 e. The molecule has 0 N–H and O–H groups in total. The molecule has 0 amide bonds. The summed E-state index contributed by atoms with van der Waals surface area (Å²) in [7, 11) is 3.21. The van der Waals surface area contributed by atoms with Crippen LogP contribution in [0.2, 0.25) is 0 Å². The molecule has 0 saturated carbocycles. The maximum atomic E-state index is 11.4. The molecule has 2 heterocycles. The summed E-state index contributed by atoms with van der Waals surface area (Å²) in [6, 6.07) is 1.75. The first kappa shape index (κ1) is 11.3. The van der Waals surface area contributed by atoms with Crippen molar-refractivity contribution < 1.29 is 9.53 Å². The summed E-state index contributed by atoms with van der Waals surface area (Å²) in [5.41, 5.74) is 3.16. The van der Waals surface area contributed by atoms with Crippen molar-refractivity contribution in [1.29, 1.82) is 0 Å². The van der Waals surface area contributed by atoms with Gasteiger partial charge in [0.25, 0.3) is 0 Å². The Bertz CT molecular complexity index is 561. The van der Waals surface area contributed by atoms with Gasteiger partial charge in [-0.1, -0.05) is 0 Å². The van der Waals surface area contributed by atoms with Gasteiger partial charge in [0, 0.05) is 36.8 Å². The fourth-order valence-electron chi connectivity index (χ4n) is 1.70. The van der Waals surface area contributed by atoms with E-state index in [0.29, 0.717) is 5.56 Å². The van der Waals surface area contributed by atoms with Crippen LogP contribution in [-0.2, 0) is 11.8 Å². The lowest BCUT2D eigenvalue weighted by molar-refractivity contribution is 0.0600. The normalized spacial score (nSPS) is 10.3. The van der Waals surface area contributed by atoms with Crippen LogP contribution in [0.25, 0.3) is 11.1 Å². The average molecular weight is 231 g/mol. The number of hydrogen-bond donors (Lipinski definition) is 0. The number of carbonyl (C=O) groups excluding carboxylic acids is 1. The first-order valence-corrected chi connectivity index (χ1v) is 5.16. The monoisotopic (exact) mass is 231 g/mol. The van der Waals surface area contributed by atoms with Crippen LogP contribution in [0.5, 0.6) is 0 Å². The first-order valence-electron chi connectivity index (χ1n) is 5.16. The van der Waals surface area contributed by atoms with E-state index in [-0.39, 0.29) is 5.97 Å². The van der Waals surface area contributed by atoms with Gasteiger partial charge in [-0.3, -0.25) is 9.67 Å². The molecule has 2 aromatic heterocycles. The van der Waals surface area contributed by atoms with Gasteiger partial charge in [0.05, 0.1) is 18.4 Å². The number of methoxy groups -OCH3 is 1. The molecule has 0 fully saturated rings. The highest BCUT2D eigenvalue weighted by Crippen LogP contribution is 2.22. The molecule has 88 valence electrons. The summed E-state index contributed by atoms with van der Waals surface area (Å²) in [5.74, 6) is -0.388. The molecule has 0 unspecified atom stereocenters. The van der Waals surface area contributed by atoms with Gasteiger partial charge in [0.1, 0.15) is 0 Å². The zero-order chi connectivity index (χ0) is 12.4. The van der Waals surface area contributed by atoms with Crippen LogP contribution >= 0.6 is 0 Å². The van der Waals surface area contributed by atoms with Crippen molar-refractivity contribution in [1.82, 2.24) is 14.8 Å². The highest BCUT2D eigenvalue weighted by Gasteiger charge is 2.10. The SMILES string of the molecule is COC(=O)c1cncc(-c2cn(C)nc2C)c1. The van der Waals surface area contributed by atoms with E-state index in [4.69, 9.17) is 0 Å². The molecular weight excluding hydrogens is 218 g/mol. The van der Waals surface area contributed by atoms with Gasteiger partial charge < -0.3 is 4.74 Å². The van der Waals surface area contributed by atoms with Crippen molar-refractivity contribution in [2.24, 2.45) is 7.05 Å². The predicted octanol–water partition coefficient (Wildman–Crippen LogP) is 1.58. The molecule has 0 radical (unpaired) electrons. The summed E-state index contributed by atoms with van der Waals surface area (Å²) in [6.07, 6.45) is 5.09. The number of nitrogens with zero attached hydrogens (tertiary/aromatic N) is 3. The molecule has 0 aromatic carbocycles. The Balaban J connectivity index is 2.46. The second-order valence-corrected chi connectivity index (χ2v) is 3.76. The smallest absolute Gasteiger partial charge is 0.339 e. The molecule has 0 aliphatic carbocycles. The largest absolute Gasteiger partial charge is 0.465 e. The Morgan fingerprint density at radius 1 is 1.41 bits per heavy atom. The molecule has 0 aliphatic heterocycles. The van der Waals surface area contributed by atoms with Crippen LogP contribution in [0.4, 0.5) is 0 Å². The number of ether oxygens (including phenoxy) is 1. The Morgan fingerprint density at radius 2 is 2.18 bits per heavy atom. The average Bonchev–Trinajstić information content (AvgIpc) is 2.67. The molecule has 0 bridgehead atoms. The van der Waals surface area contributed by atoms with E-state index in [1.807, 2.05) is 20.2 Å². The topological polar surface area (TPSA) is 57.0 Å². The maximum absolute atomic E-state index is 11.4. The van der Waals surface area contributed by atoms with Crippen molar-refractivity contribution >= 4 is 5.97 Å². The van der Waals surface area contributed by atoms with Crippen LogP contribution in [0, 0.1) is 6.92 Å². The standard InChI is InChI=1S/C12H13N3O2/c1-8-11(7-15(2)14-8)9-4-10(6-13-5-9)12(16)17-3/h4-7H,1-3H3. The molecule has 2 rings (SSSR count). The lowest BCUT2D eigenvalue weighted by Crippen LogP contribution is -2.01. The summed E-state index contributed by atoms with van der Waals surface area (Å²) >= 11 is 0. The van der Waals surface area contributed by atoms with Crippen LogP contribution in [0.1, 0.15) is 16.1 Å². The van der Waals surface area contributed by atoms with Crippen molar-refractivity contribution in [2.45, 2.75) is 6.92 Å². The van der Waals surface area contributed by atoms with E-state index in [0.717, 1.165) is 16.8 Å². The Labute approximate surface area is 99.1 Å². The van der Waals surface area contributed by atoms with Gasteiger partial charge >= 0.3 is 5.97 Å². The van der Waals surface area contributed by atoms with Gasteiger partial charge in [-0.25, -0.2) is 4.79 Å². The van der Waals surface area contributed by atoms with Gasteiger partial charge in [-0.2, -0.15) is 5.10 Å². The zero-order valence-corrected chi connectivity index (χ0v) is 9.97. The second-order valence-electron chi connectivity index (χ2n) is 3.76. The number of hydrogen-bond acceptors (Lipinski definition) is 4. The van der Waals surface area contributed by atoms with E-state index in [1.54, 1.807) is 16.9 Å². The van der Waals surface area contributed by atoms with E-state index >= 15 is 0 Å². The number of esters is 1. The molecular formula is C12H13N3O2. The number of aryl methyl sites for hydroxylation is 2. The molecule has 0 saturated heterocycles. The van der Waals surface area contributed by atoms with Crippen molar-refractivity contribution in [3.8, 4) is 11.1 Å². The quantitative estimate of drug-likeness (QED) is 0.736. The third kappa shape index (κ3) is 2.18. The van der Waals surface area contributed by atoms with Crippen LogP contribution in [0.15, 0.2) is 24.7 Å². The zero-order valence-electron chi connectivity index (χ0n) is 9.97. The summed E-state index contributed by atoms with van der Waals surface area (Å²) in [6.45, 7) is 1.92. The molecule has 0 atom stereocenters. The highest BCUT2D eigenvalue weighted by molar-refractivity contribution is 5.90. The van der Waals surface area contributed by atoms with Gasteiger partial charge in [0.15, 0.2) is 0 Å². The van der Waals surface area contributed by atoms with E-state index < -0.39 is 0 Å². The summed E-state index contributed by atoms with van der Waals surface area (Å²) in [4.78, 5) is 15.4. The van der Waals surface area contributed by atoms with Gasteiger partial charge in [-0.15, -0.1) is 0 Å². The van der Waals surface area contributed by atoms with Crippen molar-refractivity contribution in [3.05, 3.63) is 35.9 Å². The third-order valence-corrected chi connectivity index (χ3v) is 2.48. The first-order chi connectivity index (χ1) is 8.11. The number of rotatable bonds is 2. The summed E-state index contributed by atoms with van der Waals surface area (Å²) in [5, 5.41) is 4.25. The molecule has 0 aliphatic rings. The van der Waals surface area contributed by atoms with Crippen molar-refractivity contribution in [3.63, 3.8) is 0 Å². The second kappa shape index (κ2) is 4.37. The van der Waals surface area contributed by atoms with Gasteiger partial charge in [-0.05, 0) is 13.0 Å². The highest BCUT2D eigenvalue weighted by atomic mass is 16.5. The fraction of sp³-hybridized carbons (Fsp3) is 0.250. The number of carbonyl (C=O) groups is 1. The minimum Gasteiger partial charge on any atom is -0.465 e. The summed E-state index contributed by atoms with van der Waals surface area (Å²) < 4.78 is 6.39. The van der Waals surface area contributed by atoms with E-state index in [2.05, 4.69) is 14.8 Å². The molecule has 17 heavy (non-hydrogen) atoms. The lowest BCUT2D eigenvalue weighted by Gasteiger charge is -2.02. The number of aromatic nitrogens is 3. The fourth-order valence-corrected chi connectivity index (χ4v) is 1.70. The minimum atomic E-state index is -0.388. The van der Waals surface area contributed by atoms with Crippen LogP contribution in [0.3, 0.4) is 0 Å². The van der Waals surface area contributed by atoms with E-state index in [9.17, 15) is 4.79 Å². The Hall–Kier alpha value is -2.17. The van der Waals surface area contributed by atoms with E-state index in [1.165, 1.54) is 13.3 Å². The molecule has 2 aromatic rings. The number of pyridine rings is 1. The van der Waals surface area contributed by atoms with Crippen LogP contribution in [-0.4, -0.2) is 27.8 Å².